The zero-order valence-corrected chi connectivity index (χ0v) is 13.4. The minimum absolute atomic E-state index is 0.0122. The summed E-state index contributed by atoms with van der Waals surface area (Å²) in [6.45, 7) is 4.71. The molecule has 1 saturated carbocycles. The molecule has 3 heteroatoms. The van der Waals surface area contributed by atoms with E-state index in [1.165, 1.54) is 50.5 Å². The number of rotatable bonds is 4. The Morgan fingerprint density at radius 2 is 1.81 bits per heavy atom. The van der Waals surface area contributed by atoms with Crippen molar-refractivity contribution < 1.29 is 4.79 Å². The lowest BCUT2D eigenvalue weighted by Gasteiger charge is -2.23. The van der Waals surface area contributed by atoms with Crippen molar-refractivity contribution in [3.8, 4) is 0 Å². The number of carbonyl (C=O) groups is 1. The zero-order valence-electron chi connectivity index (χ0n) is 13.4. The normalized spacial score (nSPS) is 16.9. The van der Waals surface area contributed by atoms with Crippen LogP contribution in [0.15, 0.2) is 18.2 Å². The summed E-state index contributed by atoms with van der Waals surface area (Å²) in [7, 11) is 0. The monoisotopic (exact) mass is 288 g/mol. The summed E-state index contributed by atoms with van der Waals surface area (Å²) in [5.41, 5.74) is 3.07. The van der Waals surface area contributed by atoms with Crippen molar-refractivity contribution in [2.45, 2.75) is 64.8 Å². The van der Waals surface area contributed by atoms with Gasteiger partial charge in [0.1, 0.15) is 0 Å². The molecule has 3 nitrogen and oxygen atoms in total. The second-order valence-corrected chi connectivity index (χ2v) is 6.08. The molecular weight excluding hydrogens is 260 g/mol. The largest absolute Gasteiger partial charge is 0.382 e. The Morgan fingerprint density at radius 3 is 2.48 bits per heavy atom. The third-order valence-electron chi connectivity index (χ3n) is 4.30. The molecular formula is C18H28N2O. The highest BCUT2D eigenvalue weighted by Gasteiger charge is 2.13. The van der Waals surface area contributed by atoms with Crippen LogP contribution in [0.1, 0.15) is 67.8 Å². The minimum atomic E-state index is 0.0122. The van der Waals surface area contributed by atoms with Crippen LogP contribution >= 0.6 is 0 Å². The molecule has 0 saturated heterocycles. The Labute approximate surface area is 128 Å². The van der Waals surface area contributed by atoms with Gasteiger partial charge in [0.05, 0.1) is 0 Å². The predicted molar refractivity (Wildman–Crippen MR) is 88.9 cm³/mol. The lowest BCUT2D eigenvalue weighted by atomic mass is 9.96. The first-order valence-electron chi connectivity index (χ1n) is 8.36. The van der Waals surface area contributed by atoms with E-state index in [1.54, 1.807) is 0 Å². The number of amides is 1. The highest BCUT2D eigenvalue weighted by molar-refractivity contribution is 5.95. The van der Waals surface area contributed by atoms with Gasteiger partial charge in [-0.3, -0.25) is 4.79 Å². The number of benzene rings is 1. The minimum Gasteiger partial charge on any atom is -0.382 e. The standard InChI is InChI=1S/C18H28N2O/c1-3-19-18(21)15-12-11-14(2)17(13-15)20-16-9-7-5-4-6-8-10-16/h11-13,16,20H,3-10H2,1-2H3,(H,19,21). The Bertz CT molecular complexity index is 462. The lowest BCUT2D eigenvalue weighted by molar-refractivity contribution is 0.0956. The van der Waals surface area contributed by atoms with Gasteiger partial charge in [0.25, 0.3) is 5.91 Å². The van der Waals surface area contributed by atoms with Crippen LogP contribution in [0.3, 0.4) is 0 Å². The fourth-order valence-electron chi connectivity index (χ4n) is 3.00. The second kappa shape index (κ2) is 8.06. The fraction of sp³-hybridized carbons (Fsp3) is 0.611. The van der Waals surface area contributed by atoms with Gasteiger partial charge in [-0.1, -0.05) is 38.2 Å². The first-order chi connectivity index (χ1) is 10.2. The van der Waals surface area contributed by atoms with Crippen LogP contribution in [-0.4, -0.2) is 18.5 Å². The summed E-state index contributed by atoms with van der Waals surface area (Å²) in [5.74, 6) is 0.0122. The van der Waals surface area contributed by atoms with Crippen molar-refractivity contribution in [1.29, 1.82) is 0 Å². The number of hydrogen-bond acceptors (Lipinski definition) is 2. The number of aryl methyl sites for hydroxylation is 1. The molecule has 0 aromatic heterocycles. The molecule has 0 atom stereocenters. The fourth-order valence-corrected chi connectivity index (χ4v) is 3.00. The molecule has 2 rings (SSSR count). The number of nitrogens with one attached hydrogen (secondary N) is 2. The Morgan fingerprint density at radius 1 is 1.14 bits per heavy atom. The SMILES string of the molecule is CCNC(=O)c1ccc(C)c(NC2CCCCCCC2)c1. The van der Waals surface area contributed by atoms with Gasteiger partial charge < -0.3 is 10.6 Å². The Hall–Kier alpha value is -1.51. The number of carbonyl (C=O) groups excluding carboxylic acids is 1. The number of anilines is 1. The summed E-state index contributed by atoms with van der Waals surface area (Å²) in [5, 5.41) is 6.54. The van der Waals surface area contributed by atoms with E-state index in [0.717, 1.165) is 11.3 Å². The molecule has 1 fully saturated rings. The van der Waals surface area contributed by atoms with Crippen molar-refractivity contribution in [1.82, 2.24) is 5.32 Å². The van der Waals surface area contributed by atoms with Gasteiger partial charge in [-0.05, 0) is 44.4 Å². The summed E-state index contributed by atoms with van der Waals surface area (Å²) in [4.78, 5) is 12.0. The maximum Gasteiger partial charge on any atom is 0.251 e. The number of hydrogen-bond donors (Lipinski definition) is 2. The van der Waals surface area contributed by atoms with E-state index in [4.69, 9.17) is 0 Å². The third kappa shape index (κ3) is 4.76. The predicted octanol–water partition coefficient (Wildman–Crippen LogP) is 4.27. The van der Waals surface area contributed by atoms with Gasteiger partial charge in [0, 0.05) is 23.8 Å². The van der Waals surface area contributed by atoms with Gasteiger partial charge in [-0.2, -0.15) is 0 Å². The average Bonchev–Trinajstić information content (AvgIpc) is 2.44. The maximum absolute atomic E-state index is 12.0. The highest BCUT2D eigenvalue weighted by atomic mass is 16.1. The molecule has 116 valence electrons. The summed E-state index contributed by atoms with van der Waals surface area (Å²) < 4.78 is 0. The van der Waals surface area contributed by atoms with Crippen LogP contribution in [0.5, 0.6) is 0 Å². The molecule has 2 N–H and O–H groups in total. The van der Waals surface area contributed by atoms with Crippen LogP contribution in [0.2, 0.25) is 0 Å². The molecule has 1 aliphatic rings. The molecule has 1 aromatic carbocycles. The van der Waals surface area contributed by atoms with Crippen LogP contribution in [0, 0.1) is 6.92 Å². The quantitative estimate of drug-likeness (QED) is 0.868. The van der Waals surface area contributed by atoms with E-state index in [9.17, 15) is 4.79 Å². The van der Waals surface area contributed by atoms with Gasteiger partial charge >= 0.3 is 0 Å². The van der Waals surface area contributed by atoms with Gasteiger partial charge in [0.15, 0.2) is 0 Å². The first-order valence-corrected chi connectivity index (χ1v) is 8.36. The summed E-state index contributed by atoms with van der Waals surface area (Å²) >= 11 is 0. The van der Waals surface area contributed by atoms with Crippen LogP contribution in [0.4, 0.5) is 5.69 Å². The third-order valence-corrected chi connectivity index (χ3v) is 4.30. The van der Waals surface area contributed by atoms with Crippen LogP contribution in [-0.2, 0) is 0 Å². The van der Waals surface area contributed by atoms with Gasteiger partial charge in [-0.15, -0.1) is 0 Å². The lowest BCUT2D eigenvalue weighted by Crippen LogP contribution is -2.24. The van der Waals surface area contributed by atoms with Gasteiger partial charge in [-0.25, -0.2) is 0 Å². The first kappa shape index (κ1) is 15.9. The average molecular weight is 288 g/mol. The van der Waals surface area contributed by atoms with E-state index in [0.29, 0.717) is 12.6 Å². The Balaban J connectivity index is 2.06. The highest BCUT2D eigenvalue weighted by Crippen LogP contribution is 2.23. The smallest absolute Gasteiger partial charge is 0.251 e. The molecule has 1 amide bonds. The van der Waals surface area contributed by atoms with Crippen molar-refractivity contribution in [3.63, 3.8) is 0 Å². The Kier molecular flexibility index (Phi) is 6.09. The summed E-state index contributed by atoms with van der Waals surface area (Å²) in [6, 6.07) is 6.49. The van der Waals surface area contributed by atoms with Gasteiger partial charge in [0.2, 0.25) is 0 Å². The van der Waals surface area contributed by atoms with Crippen molar-refractivity contribution in [2.24, 2.45) is 0 Å². The molecule has 0 unspecified atom stereocenters. The molecule has 1 aliphatic carbocycles. The molecule has 0 aliphatic heterocycles. The summed E-state index contributed by atoms with van der Waals surface area (Å²) in [6.07, 6.45) is 9.21. The topological polar surface area (TPSA) is 41.1 Å². The van der Waals surface area contributed by atoms with E-state index in [1.807, 2.05) is 25.1 Å². The van der Waals surface area contributed by atoms with Crippen molar-refractivity contribution in [3.05, 3.63) is 29.3 Å². The molecule has 0 radical (unpaired) electrons. The molecule has 1 aromatic rings. The maximum atomic E-state index is 12.0. The molecule has 21 heavy (non-hydrogen) atoms. The molecule has 0 bridgehead atoms. The van der Waals surface area contributed by atoms with Crippen LogP contribution in [0.25, 0.3) is 0 Å². The molecule has 0 heterocycles. The van der Waals surface area contributed by atoms with E-state index < -0.39 is 0 Å². The van der Waals surface area contributed by atoms with E-state index in [-0.39, 0.29) is 5.91 Å². The van der Waals surface area contributed by atoms with Crippen molar-refractivity contribution >= 4 is 11.6 Å². The molecule has 0 spiro atoms. The second-order valence-electron chi connectivity index (χ2n) is 6.08. The van der Waals surface area contributed by atoms with Crippen molar-refractivity contribution in [2.75, 3.05) is 11.9 Å². The van der Waals surface area contributed by atoms with E-state index >= 15 is 0 Å². The zero-order chi connectivity index (χ0) is 15.1. The van der Waals surface area contributed by atoms with Crippen LogP contribution < -0.4 is 10.6 Å². The van der Waals surface area contributed by atoms with E-state index in [2.05, 4.69) is 17.6 Å².